The maximum absolute atomic E-state index is 12.3. The summed E-state index contributed by atoms with van der Waals surface area (Å²) >= 11 is 1.49. The molecule has 2 aromatic rings. The van der Waals surface area contributed by atoms with Crippen molar-refractivity contribution < 1.29 is 14.3 Å². The van der Waals surface area contributed by atoms with E-state index in [1.807, 2.05) is 43.3 Å². The number of hydrogen-bond donors (Lipinski definition) is 1. The first-order valence-corrected chi connectivity index (χ1v) is 9.44. The molecule has 0 aromatic heterocycles. The van der Waals surface area contributed by atoms with Crippen molar-refractivity contribution >= 4 is 29.1 Å². The fourth-order valence-corrected chi connectivity index (χ4v) is 3.15. The largest absolute Gasteiger partial charge is 0.494 e. The average Bonchev–Trinajstić information content (AvgIpc) is 3.47. The molecule has 4 nitrogen and oxygen atoms in total. The molecule has 1 saturated carbocycles. The fourth-order valence-electron chi connectivity index (χ4n) is 2.36. The SMILES string of the molecule is CCOc1ccc(C(=O)CSc2ccc(NC(=O)C3CC3)cc2)cc1. The number of hydrogen-bond acceptors (Lipinski definition) is 4. The predicted molar refractivity (Wildman–Crippen MR) is 100 cm³/mol. The highest BCUT2D eigenvalue weighted by atomic mass is 32.2. The molecule has 25 heavy (non-hydrogen) atoms. The molecule has 0 heterocycles. The number of Topliss-reactive ketones (excluding diaryl/α,β-unsaturated/α-hetero) is 1. The number of benzene rings is 2. The van der Waals surface area contributed by atoms with Gasteiger partial charge < -0.3 is 10.1 Å². The second-order valence-electron chi connectivity index (χ2n) is 5.96. The summed E-state index contributed by atoms with van der Waals surface area (Å²) in [4.78, 5) is 25.0. The van der Waals surface area contributed by atoms with E-state index in [0.717, 1.165) is 29.2 Å². The van der Waals surface area contributed by atoms with Crippen molar-refractivity contribution in [3.63, 3.8) is 0 Å². The van der Waals surface area contributed by atoms with E-state index >= 15 is 0 Å². The number of carbonyl (C=O) groups excluding carboxylic acids is 2. The van der Waals surface area contributed by atoms with Crippen LogP contribution in [0.15, 0.2) is 53.4 Å². The third-order valence-corrected chi connectivity index (χ3v) is 4.94. The number of ketones is 1. The maximum atomic E-state index is 12.3. The first-order valence-electron chi connectivity index (χ1n) is 8.45. The summed E-state index contributed by atoms with van der Waals surface area (Å²) in [5, 5.41) is 2.91. The van der Waals surface area contributed by atoms with E-state index in [1.165, 1.54) is 11.8 Å². The zero-order valence-corrected chi connectivity index (χ0v) is 15.0. The number of thioether (sulfide) groups is 1. The lowest BCUT2D eigenvalue weighted by Gasteiger charge is -2.06. The van der Waals surface area contributed by atoms with Gasteiger partial charge in [-0.15, -0.1) is 11.8 Å². The van der Waals surface area contributed by atoms with Crippen LogP contribution in [0.1, 0.15) is 30.1 Å². The van der Waals surface area contributed by atoms with E-state index in [2.05, 4.69) is 5.32 Å². The molecule has 5 heteroatoms. The van der Waals surface area contributed by atoms with Crippen LogP contribution in [-0.2, 0) is 4.79 Å². The molecule has 3 rings (SSSR count). The van der Waals surface area contributed by atoms with Crippen LogP contribution in [0, 0.1) is 5.92 Å². The topological polar surface area (TPSA) is 55.4 Å². The summed E-state index contributed by atoms with van der Waals surface area (Å²) in [7, 11) is 0. The van der Waals surface area contributed by atoms with Gasteiger partial charge in [-0.1, -0.05) is 0 Å². The second kappa shape index (κ2) is 8.21. The van der Waals surface area contributed by atoms with E-state index in [9.17, 15) is 9.59 Å². The van der Waals surface area contributed by atoms with Gasteiger partial charge in [0.05, 0.1) is 12.4 Å². The molecule has 0 atom stereocenters. The van der Waals surface area contributed by atoms with Crippen molar-refractivity contribution in [2.45, 2.75) is 24.7 Å². The number of ether oxygens (including phenoxy) is 1. The zero-order valence-electron chi connectivity index (χ0n) is 14.2. The monoisotopic (exact) mass is 355 g/mol. The van der Waals surface area contributed by atoms with E-state index in [4.69, 9.17) is 4.74 Å². The van der Waals surface area contributed by atoms with Gasteiger partial charge in [-0.3, -0.25) is 9.59 Å². The smallest absolute Gasteiger partial charge is 0.227 e. The van der Waals surface area contributed by atoms with Gasteiger partial charge in [0.25, 0.3) is 0 Å². The highest BCUT2D eigenvalue weighted by Gasteiger charge is 2.29. The Labute approximate surface area is 152 Å². The fraction of sp³-hybridized carbons (Fsp3) is 0.300. The van der Waals surface area contributed by atoms with Gasteiger partial charge in [0, 0.05) is 22.1 Å². The van der Waals surface area contributed by atoms with Gasteiger partial charge in [0.15, 0.2) is 5.78 Å². The van der Waals surface area contributed by atoms with Crippen LogP contribution >= 0.6 is 11.8 Å². The Kier molecular flexibility index (Phi) is 5.76. The van der Waals surface area contributed by atoms with Gasteiger partial charge in [-0.05, 0) is 68.3 Å². The van der Waals surface area contributed by atoms with Crippen LogP contribution in [-0.4, -0.2) is 24.1 Å². The van der Waals surface area contributed by atoms with Gasteiger partial charge in [-0.2, -0.15) is 0 Å². The number of nitrogens with one attached hydrogen (secondary N) is 1. The minimum atomic E-state index is 0.0826. The Hall–Kier alpha value is -2.27. The highest BCUT2D eigenvalue weighted by Crippen LogP contribution is 2.30. The van der Waals surface area contributed by atoms with Crippen molar-refractivity contribution in [3.05, 3.63) is 54.1 Å². The standard InChI is InChI=1S/C20H21NO3S/c1-2-24-17-9-5-14(6-10-17)19(22)13-25-18-11-7-16(8-12-18)21-20(23)15-3-4-15/h5-12,15H,2-4,13H2,1H3,(H,21,23). The molecule has 1 aliphatic carbocycles. The Bertz CT molecular complexity index is 737. The van der Waals surface area contributed by atoms with Gasteiger partial charge >= 0.3 is 0 Å². The molecule has 0 radical (unpaired) electrons. The molecule has 1 N–H and O–H groups in total. The number of rotatable bonds is 8. The molecule has 0 saturated heterocycles. The Morgan fingerprint density at radius 2 is 1.76 bits per heavy atom. The molecule has 1 amide bonds. The van der Waals surface area contributed by atoms with Crippen LogP contribution in [0.4, 0.5) is 5.69 Å². The lowest BCUT2D eigenvalue weighted by molar-refractivity contribution is -0.117. The van der Waals surface area contributed by atoms with Crippen LogP contribution < -0.4 is 10.1 Å². The minimum Gasteiger partial charge on any atom is -0.494 e. The lowest BCUT2D eigenvalue weighted by atomic mass is 10.1. The first-order chi connectivity index (χ1) is 12.2. The van der Waals surface area contributed by atoms with Crippen LogP contribution in [0.5, 0.6) is 5.75 Å². The predicted octanol–water partition coefficient (Wildman–Crippen LogP) is 4.41. The molecule has 0 aliphatic heterocycles. The maximum Gasteiger partial charge on any atom is 0.227 e. The Morgan fingerprint density at radius 1 is 1.08 bits per heavy atom. The molecule has 0 bridgehead atoms. The molecule has 130 valence electrons. The third kappa shape index (κ3) is 5.10. The number of amides is 1. The molecule has 1 fully saturated rings. The summed E-state index contributed by atoms with van der Waals surface area (Å²) in [6.45, 7) is 2.54. The Balaban J connectivity index is 1.50. The molecular weight excluding hydrogens is 334 g/mol. The lowest BCUT2D eigenvalue weighted by Crippen LogP contribution is -2.12. The van der Waals surface area contributed by atoms with Crippen molar-refractivity contribution in [1.82, 2.24) is 0 Å². The Morgan fingerprint density at radius 3 is 2.36 bits per heavy atom. The normalized spacial score (nSPS) is 13.3. The van der Waals surface area contributed by atoms with Crippen LogP contribution in [0.25, 0.3) is 0 Å². The summed E-state index contributed by atoms with van der Waals surface area (Å²) < 4.78 is 5.38. The average molecular weight is 355 g/mol. The van der Waals surface area contributed by atoms with Gasteiger partial charge in [-0.25, -0.2) is 0 Å². The molecule has 0 spiro atoms. The molecule has 0 unspecified atom stereocenters. The number of carbonyl (C=O) groups is 2. The van der Waals surface area contributed by atoms with Gasteiger partial charge in [0.2, 0.25) is 5.91 Å². The quantitative estimate of drug-likeness (QED) is 0.563. The second-order valence-corrected chi connectivity index (χ2v) is 7.01. The van der Waals surface area contributed by atoms with Gasteiger partial charge in [0.1, 0.15) is 5.75 Å². The molecule has 2 aromatic carbocycles. The molecule has 1 aliphatic rings. The zero-order chi connectivity index (χ0) is 17.6. The number of anilines is 1. The highest BCUT2D eigenvalue weighted by molar-refractivity contribution is 8.00. The van der Waals surface area contributed by atoms with E-state index in [-0.39, 0.29) is 17.6 Å². The first kappa shape index (κ1) is 17.5. The van der Waals surface area contributed by atoms with E-state index in [1.54, 1.807) is 12.1 Å². The van der Waals surface area contributed by atoms with Crippen molar-refractivity contribution in [2.75, 3.05) is 17.7 Å². The van der Waals surface area contributed by atoms with Crippen molar-refractivity contribution in [2.24, 2.45) is 5.92 Å². The summed E-state index contributed by atoms with van der Waals surface area (Å²) in [6.07, 6.45) is 1.99. The summed E-state index contributed by atoms with van der Waals surface area (Å²) in [6, 6.07) is 14.8. The molecular formula is C20H21NO3S. The summed E-state index contributed by atoms with van der Waals surface area (Å²) in [5.74, 6) is 1.53. The van der Waals surface area contributed by atoms with E-state index in [0.29, 0.717) is 17.9 Å². The summed E-state index contributed by atoms with van der Waals surface area (Å²) in [5.41, 5.74) is 1.49. The third-order valence-electron chi connectivity index (χ3n) is 3.93. The van der Waals surface area contributed by atoms with Crippen molar-refractivity contribution in [1.29, 1.82) is 0 Å². The van der Waals surface area contributed by atoms with Crippen molar-refractivity contribution in [3.8, 4) is 5.75 Å². The van der Waals surface area contributed by atoms with Crippen LogP contribution in [0.2, 0.25) is 0 Å². The minimum absolute atomic E-state index is 0.0826. The van der Waals surface area contributed by atoms with E-state index < -0.39 is 0 Å². The van der Waals surface area contributed by atoms with Crippen LogP contribution in [0.3, 0.4) is 0 Å².